The molecule has 1 aromatic rings. The molecule has 1 aliphatic carbocycles. The molecule has 0 bridgehead atoms. The number of halogens is 1. The van der Waals surface area contributed by atoms with Crippen molar-refractivity contribution in [2.24, 2.45) is 0 Å². The zero-order chi connectivity index (χ0) is 14.8. The van der Waals surface area contributed by atoms with Crippen LogP contribution in [0.15, 0.2) is 12.1 Å². The van der Waals surface area contributed by atoms with Gasteiger partial charge in [0.25, 0.3) is 0 Å². The van der Waals surface area contributed by atoms with Crippen LogP contribution < -0.4 is 5.32 Å². The van der Waals surface area contributed by atoms with Gasteiger partial charge in [0.15, 0.2) is 0 Å². The van der Waals surface area contributed by atoms with E-state index in [9.17, 15) is 9.59 Å². The van der Waals surface area contributed by atoms with Crippen molar-refractivity contribution in [1.29, 1.82) is 0 Å². The lowest BCUT2D eigenvalue weighted by Gasteiger charge is -2.22. The predicted molar refractivity (Wildman–Crippen MR) is 83.5 cm³/mol. The minimum absolute atomic E-state index is 0.0106. The summed E-state index contributed by atoms with van der Waals surface area (Å²) in [6.45, 7) is 0.693. The molecule has 0 radical (unpaired) electrons. The van der Waals surface area contributed by atoms with Crippen molar-refractivity contribution in [3.63, 3.8) is 0 Å². The lowest BCUT2D eigenvalue weighted by atomic mass is 10.2. The first kappa shape index (κ1) is 15.0. The number of nitrogens with zero attached hydrogens (tertiary/aromatic N) is 1. The van der Waals surface area contributed by atoms with Crippen LogP contribution in [0.2, 0.25) is 4.34 Å². The molecule has 1 saturated carbocycles. The zero-order valence-electron chi connectivity index (χ0n) is 11.8. The van der Waals surface area contributed by atoms with E-state index in [0.717, 1.165) is 36.4 Å². The van der Waals surface area contributed by atoms with Gasteiger partial charge in [-0.05, 0) is 31.4 Å². The Bertz CT molecular complexity index is 540. The first-order valence-electron chi connectivity index (χ1n) is 7.48. The molecule has 1 aromatic heterocycles. The highest BCUT2D eigenvalue weighted by Gasteiger charge is 2.42. The highest BCUT2D eigenvalue weighted by atomic mass is 35.5. The standard InChI is InChI=1S/C15H19ClN2O2S/c16-13-6-5-11(21-13)7-8-17-12-9-14(19)18(15(12)20)10-3-1-2-4-10/h5-6,10,12,17H,1-4,7-9H2. The summed E-state index contributed by atoms with van der Waals surface area (Å²) in [4.78, 5) is 27.2. The normalized spacial score (nSPS) is 23.5. The van der Waals surface area contributed by atoms with Crippen LogP contribution in [0, 0.1) is 0 Å². The van der Waals surface area contributed by atoms with E-state index in [-0.39, 0.29) is 23.9 Å². The SMILES string of the molecule is O=C1CC(NCCc2ccc(Cl)s2)C(=O)N1C1CCCC1. The Labute approximate surface area is 133 Å². The van der Waals surface area contributed by atoms with Gasteiger partial charge in [-0.15, -0.1) is 11.3 Å². The molecule has 2 heterocycles. The van der Waals surface area contributed by atoms with Crippen molar-refractivity contribution in [3.8, 4) is 0 Å². The molecule has 2 amide bonds. The van der Waals surface area contributed by atoms with E-state index in [0.29, 0.717) is 13.0 Å². The third-order valence-electron chi connectivity index (χ3n) is 4.26. The Morgan fingerprint density at radius 1 is 1.29 bits per heavy atom. The van der Waals surface area contributed by atoms with Crippen LogP contribution in [0.5, 0.6) is 0 Å². The number of carbonyl (C=O) groups is 2. The minimum Gasteiger partial charge on any atom is -0.305 e. The van der Waals surface area contributed by atoms with Gasteiger partial charge in [0.05, 0.1) is 16.8 Å². The molecule has 3 rings (SSSR count). The molecule has 1 atom stereocenters. The van der Waals surface area contributed by atoms with E-state index in [1.54, 1.807) is 11.3 Å². The van der Waals surface area contributed by atoms with Gasteiger partial charge in [-0.3, -0.25) is 14.5 Å². The van der Waals surface area contributed by atoms with E-state index in [4.69, 9.17) is 11.6 Å². The molecule has 1 aliphatic heterocycles. The Hall–Kier alpha value is -0.910. The molecule has 1 saturated heterocycles. The van der Waals surface area contributed by atoms with Crippen LogP contribution in [0.25, 0.3) is 0 Å². The van der Waals surface area contributed by atoms with Crippen molar-refractivity contribution < 1.29 is 9.59 Å². The quantitative estimate of drug-likeness (QED) is 0.846. The molecule has 2 fully saturated rings. The minimum atomic E-state index is -0.339. The number of nitrogens with one attached hydrogen (secondary N) is 1. The van der Waals surface area contributed by atoms with Crippen LogP contribution in [-0.4, -0.2) is 35.3 Å². The Balaban J connectivity index is 1.52. The van der Waals surface area contributed by atoms with Crippen LogP contribution in [0.1, 0.15) is 37.0 Å². The van der Waals surface area contributed by atoms with Gasteiger partial charge in [0.2, 0.25) is 11.8 Å². The van der Waals surface area contributed by atoms with Gasteiger partial charge in [-0.1, -0.05) is 24.4 Å². The lowest BCUT2D eigenvalue weighted by molar-refractivity contribution is -0.141. The average molecular weight is 327 g/mol. The summed E-state index contributed by atoms with van der Waals surface area (Å²) in [7, 11) is 0. The fraction of sp³-hybridized carbons (Fsp3) is 0.600. The summed E-state index contributed by atoms with van der Waals surface area (Å²) < 4.78 is 0.782. The van der Waals surface area contributed by atoms with Gasteiger partial charge in [0, 0.05) is 17.5 Å². The molecular formula is C15H19ClN2O2S. The fourth-order valence-corrected chi connectivity index (χ4v) is 4.30. The second-order valence-electron chi connectivity index (χ2n) is 5.71. The number of carbonyl (C=O) groups excluding carboxylic acids is 2. The maximum absolute atomic E-state index is 12.4. The Morgan fingerprint density at radius 2 is 2.05 bits per heavy atom. The monoisotopic (exact) mass is 326 g/mol. The van der Waals surface area contributed by atoms with Gasteiger partial charge in [-0.25, -0.2) is 0 Å². The molecule has 0 aromatic carbocycles. The summed E-state index contributed by atoms with van der Waals surface area (Å²) >= 11 is 7.45. The van der Waals surface area contributed by atoms with Gasteiger partial charge in [0.1, 0.15) is 0 Å². The van der Waals surface area contributed by atoms with Gasteiger partial charge >= 0.3 is 0 Å². The number of rotatable bonds is 5. The molecule has 1 unspecified atom stereocenters. The topological polar surface area (TPSA) is 49.4 Å². The summed E-state index contributed by atoms with van der Waals surface area (Å²) in [6.07, 6.45) is 5.33. The van der Waals surface area contributed by atoms with Crippen LogP contribution >= 0.6 is 22.9 Å². The summed E-state index contributed by atoms with van der Waals surface area (Å²) in [5.74, 6) is -0.0420. The summed E-state index contributed by atoms with van der Waals surface area (Å²) in [5, 5.41) is 3.22. The zero-order valence-corrected chi connectivity index (χ0v) is 13.4. The molecular weight excluding hydrogens is 308 g/mol. The summed E-state index contributed by atoms with van der Waals surface area (Å²) in [6, 6.07) is 3.69. The van der Waals surface area contributed by atoms with E-state index < -0.39 is 0 Å². The first-order valence-corrected chi connectivity index (χ1v) is 8.68. The molecule has 2 aliphatic rings. The number of hydrogen-bond donors (Lipinski definition) is 1. The maximum Gasteiger partial charge on any atom is 0.247 e. The second-order valence-corrected chi connectivity index (χ2v) is 7.51. The van der Waals surface area contributed by atoms with Crippen molar-refractivity contribution in [1.82, 2.24) is 10.2 Å². The van der Waals surface area contributed by atoms with Crippen molar-refractivity contribution >= 4 is 34.8 Å². The van der Waals surface area contributed by atoms with Crippen molar-refractivity contribution in [2.75, 3.05) is 6.54 Å². The third kappa shape index (κ3) is 3.30. The van der Waals surface area contributed by atoms with Crippen molar-refractivity contribution in [3.05, 3.63) is 21.3 Å². The Morgan fingerprint density at radius 3 is 2.71 bits per heavy atom. The second kappa shape index (κ2) is 6.46. The molecule has 21 heavy (non-hydrogen) atoms. The van der Waals surface area contributed by atoms with Gasteiger partial charge < -0.3 is 5.32 Å². The smallest absolute Gasteiger partial charge is 0.247 e. The highest BCUT2D eigenvalue weighted by molar-refractivity contribution is 7.16. The van der Waals surface area contributed by atoms with E-state index in [2.05, 4.69) is 5.32 Å². The lowest BCUT2D eigenvalue weighted by Crippen LogP contribution is -2.43. The summed E-state index contributed by atoms with van der Waals surface area (Å²) in [5.41, 5.74) is 0. The fourth-order valence-electron chi connectivity index (χ4n) is 3.21. The van der Waals surface area contributed by atoms with E-state index in [1.807, 2.05) is 12.1 Å². The van der Waals surface area contributed by atoms with Crippen LogP contribution in [0.4, 0.5) is 0 Å². The van der Waals surface area contributed by atoms with Crippen LogP contribution in [-0.2, 0) is 16.0 Å². The molecule has 1 N–H and O–H groups in total. The average Bonchev–Trinajstić information content (AvgIpc) is 3.14. The Kier molecular flexibility index (Phi) is 4.62. The van der Waals surface area contributed by atoms with E-state index >= 15 is 0 Å². The number of amides is 2. The number of imide groups is 1. The molecule has 6 heteroatoms. The van der Waals surface area contributed by atoms with Crippen molar-refractivity contribution in [2.45, 2.75) is 50.6 Å². The van der Waals surface area contributed by atoms with E-state index in [1.165, 1.54) is 9.78 Å². The van der Waals surface area contributed by atoms with Crippen LogP contribution in [0.3, 0.4) is 0 Å². The number of likely N-dealkylation sites (tertiary alicyclic amines) is 1. The highest BCUT2D eigenvalue weighted by Crippen LogP contribution is 2.28. The third-order valence-corrected chi connectivity index (χ3v) is 5.55. The molecule has 114 valence electrons. The largest absolute Gasteiger partial charge is 0.305 e. The van der Waals surface area contributed by atoms with Gasteiger partial charge in [-0.2, -0.15) is 0 Å². The number of hydrogen-bond acceptors (Lipinski definition) is 4. The first-order chi connectivity index (χ1) is 10.1. The predicted octanol–water partition coefficient (Wildman–Crippen LogP) is 2.60. The number of thiophene rings is 1. The maximum atomic E-state index is 12.4. The molecule has 4 nitrogen and oxygen atoms in total. The molecule has 0 spiro atoms.